The highest BCUT2D eigenvalue weighted by Gasteiger charge is 2.12. The van der Waals surface area contributed by atoms with Crippen LogP contribution in [0.4, 0.5) is 0 Å². The molecular weight excluding hydrogens is 307 g/mol. The molecule has 0 saturated carbocycles. The SMILES string of the molecule is CCN(Cc1ccc(Cl)s1)C(=O)CNCCOC.Cl. The summed E-state index contributed by atoms with van der Waals surface area (Å²) >= 11 is 7.39. The number of hydrogen-bond donors (Lipinski definition) is 1. The van der Waals surface area contributed by atoms with Crippen LogP contribution in [0.2, 0.25) is 4.34 Å². The Hall–Kier alpha value is -0.330. The van der Waals surface area contributed by atoms with Gasteiger partial charge in [0.2, 0.25) is 5.91 Å². The molecule has 1 aromatic rings. The van der Waals surface area contributed by atoms with E-state index in [4.69, 9.17) is 16.3 Å². The molecule has 0 aromatic carbocycles. The number of likely N-dealkylation sites (N-methyl/N-ethyl adjacent to an activating group) is 1. The average Bonchev–Trinajstić information content (AvgIpc) is 2.77. The van der Waals surface area contributed by atoms with Gasteiger partial charge < -0.3 is 15.0 Å². The number of methoxy groups -OCH3 is 1. The zero-order chi connectivity index (χ0) is 13.4. The molecule has 0 radical (unpaired) electrons. The molecule has 1 rings (SSSR count). The number of rotatable bonds is 8. The van der Waals surface area contributed by atoms with E-state index < -0.39 is 0 Å². The first-order valence-electron chi connectivity index (χ1n) is 5.89. The van der Waals surface area contributed by atoms with Crippen LogP contribution < -0.4 is 5.32 Å². The molecule has 0 fully saturated rings. The van der Waals surface area contributed by atoms with Crippen molar-refractivity contribution < 1.29 is 9.53 Å². The van der Waals surface area contributed by atoms with E-state index in [1.54, 1.807) is 7.11 Å². The highest BCUT2D eigenvalue weighted by Crippen LogP contribution is 2.22. The van der Waals surface area contributed by atoms with Crippen LogP contribution in [-0.2, 0) is 16.1 Å². The molecule has 19 heavy (non-hydrogen) atoms. The molecule has 0 bridgehead atoms. The Bertz CT molecular complexity index is 374. The van der Waals surface area contributed by atoms with Gasteiger partial charge in [-0.3, -0.25) is 4.79 Å². The molecule has 0 unspecified atom stereocenters. The Morgan fingerprint density at radius 2 is 2.26 bits per heavy atom. The number of halogens is 2. The first kappa shape index (κ1) is 18.7. The van der Waals surface area contributed by atoms with Gasteiger partial charge in [0, 0.05) is 25.1 Å². The number of nitrogens with one attached hydrogen (secondary N) is 1. The number of carbonyl (C=O) groups is 1. The number of thiophene rings is 1. The quantitative estimate of drug-likeness (QED) is 0.746. The first-order valence-corrected chi connectivity index (χ1v) is 7.08. The monoisotopic (exact) mass is 326 g/mol. The molecule has 0 spiro atoms. The minimum absolute atomic E-state index is 0. The molecule has 0 aliphatic rings. The van der Waals surface area contributed by atoms with Crippen molar-refractivity contribution in [3.63, 3.8) is 0 Å². The zero-order valence-corrected chi connectivity index (χ0v) is 13.5. The van der Waals surface area contributed by atoms with Crippen molar-refractivity contribution in [1.82, 2.24) is 10.2 Å². The lowest BCUT2D eigenvalue weighted by Crippen LogP contribution is -2.38. The van der Waals surface area contributed by atoms with E-state index in [2.05, 4.69) is 5.32 Å². The van der Waals surface area contributed by atoms with Gasteiger partial charge in [0.25, 0.3) is 0 Å². The number of amides is 1. The Kier molecular flexibility index (Phi) is 10.3. The van der Waals surface area contributed by atoms with E-state index in [0.29, 0.717) is 32.8 Å². The summed E-state index contributed by atoms with van der Waals surface area (Å²) in [5, 5.41) is 3.05. The van der Waals surface area contributed by atoms with Crippen LogP contribution in [0.5, 0.6) is 0 Å². The molecule has 1 amide bonds. The minimum Gasteiger partial charge on any atom is -0.383 e. The normalized spacial score (nSPS) is 10.1. The van der Waals surface area contributed by atoms with Crippen molar-refractivity contribution in [2.24, 2.45) is 0 Å². The zero-order valence-electron chi connectivity index (χ0n) is 11.1. The summed E-state index contributed by atoms with van der Waals surface area (Å²) < 4.78 is 5.66. The summed E-state index contributed by atoms with van der Waals surface area (Å²) in [6.45, 7) is 4.93. The predicted molar refractivity (Wildman–Crippen MR) is 82.4 cm³/mol. The second-order valence-electron chi connectivity index (χ2n) is 3.78. The molecule has 0 atom stereocenters. The highest BCUT2D eigenvalue weighted by molar-refractivity contribution is 7.16. The second-order valence-corrected chi connectivity index (χ2v) is 5.58. The van der Waals surface area contributed by atoms with Gasteiger partial charge in [-0.25, -0.2) is 0 Å². The van der Waals surface area contributed by atoms with Crippen molar-refractivity contribution in [3.05, 3.63) is 21.3 Å². The molecule has 4 nitrogen and oxygen atoms in total. The van der Waals surface area contributed by atoms with Crippen LogP contribution in [0.25, 0.3) is 0 Å². The average molecular weight is 327 g/mol. The molecule has 110 valence electrons. The molecule has 1 aromatic heterocycles. The van der Waals surface area contributed by atoms with Crippen LogP contribution in [0.3, 0.4) is 0 Å². The van der Waals surface area contributed by atoms with Gasteiger partial charge in [-0.15, -0.1) is 23.7 Å². The van der Waals surface area contributed by atoms with Crippen molar-refractivity contribution in [3.8, 4) is 0 Å². The molecule has 1 heterocycles. The number of ether oxygens (including phenoxy) is 1. The number of carbonyl (C=O) groups excluding carboxylic acids is 1. The maximum atomic E-state index is 11.9. The maximum absolute atomic E-state index is 11.9. The first-order chi connectivity index (χ1) is 8.67. The van der Waals surface area contributed by atoms with Crippen LogP contribution in [0, 0.1) is 0 Å². The fourth-order valence-electron chi connectivity index (χ4n) is 1.48. The number of hydrogen-bond acceptors (Lipinski definition) is 4. The van der Waals surface area contributed by atoms with E-state index in [-0.39, 0.29) is 18.3 Å². The standard InChI is InChI=1S/C12H19ClN2O2S.ClH/c1-3-15(9-10-4-5-11(13)18-10)12(16)8-14-6-7-17-2;/h4-5,14H,3,6-9H2,1-2H3;1H. The third-order valence-electron chi connectivity index (χ3n) is 2.47. The van der Waals surface area contributed by atoms with Crippen LogP contribution in [0.1, 0.15) is 11.8 Å². The van der Waals surface area contributed by atoms with E-state index in [9.17, 15) is 4.79 Å². The predicted octanol–water partition coefficient (Wildman–Crippen LogP) is 2.41. The van der Waals surface area contributed by atoms with Crippen molar-refractivity contribution >= 4 is 41.3 Å². The Morgan fingerprint density at radius 1 is 1.53 bits per heavy atom. The molecule has 0 aliphatic carbocycles. The summed E-state index contributed by atoms with van der Waals surface area (Å²) in [5.41, 5.74) is 0. The van der Waals surface area contributed by atoms with Crippen LogP contribution in [-0.4, -0.2) is 44.2 Å². The summed E-state index contributed by atoms with van der Waals surface area (Å²) in [6.07, 6.45) is 0. The summed E-state index contributed by atoms with van der Waals surface area (Å²) in [6, 6.07) is 3.82. The van der Waals surface area contributed by atoms with Gasteiger partial charge >= 0.3 is 0 Å². The van der Waals surface area contributed by atoms with Crippen molar-refractivity contribution in [1.29, 1.82) is 0 Å². The van der Waals surface area contributed by atoms with Gasteiger partial charge in [-0.1, -0.05) is 11.6 Å². The van der Waals surface area contributed by atoms with Gasteiger partial charge in [0.15, 0.2) is 0 Å². The van der Waals surface area contributed by atoms with Gasteiger partial charge in [-0.2, -0.15) is 0 Å². The van der Waals surface area contributed by atoms with E-state index in [1.165, 1.54) is 11.3 Å². The fraction of sp³-hybridized carbons (Fsp3) is 0.583. The van der Waals surface area contributed by atoms with Crippen molar-refractivity contribution in [2.75, 3.05) is 33.4 Å². The van der Waals surface area contributed by atoms with Crippen molar-refractivity contribution in [2.45, 2.75) is 13.5 Å². The molecular formula is C12H20Cl2N2O2S. The van der Waals surface area contributed by atoms with E-state index >= 15 is 0 Å². The summed E-state index contributed by atoms with van der Waals surface area (Å²) in [7, 11) is 1.64. The van der Waals surface area contributed by atoms with E-state index in [0.717, 1.165) is 9.21 Å². The molecule has 7 heteroatoms. The topological polar surface area (TPSA) is 41.6 Å². The molecule has 0 aliphatic heterocycles. The van der Waals surface area contributed by atoms with E-state index in [1.807, 2.05) is 24.0 Å². The fourth-order valence-corrected chi connectivity index (χ4v) is 2.59. The number of nitrogens with zero attached hydrogens (tertiary/aromatic N) is 1. The highest BCUT2D eigenvalue weighted by atomic mass is 35.5. The summed E-state index contributed by atoms with van der Waals surface area (Å²) in [5.74, 6) is 0.0955. The maximum Gasteiger partial charge on any atom is 0.236 e. The summed E-state index contributed by atoms with van der Waals surface area (Å²) in [4.78, 5) is 14.9. The molecule has 1 N–H and O–H groups in total. The van der Waals surface area contributed by atoms with Crippen LogP contribution >= 0.6 is 35.3 Å². The van der Waals surface area contributed by atoms with Crippen LogP contribution in [0.15, 0.2) is 12.1 Å². The Morgan fingerprint density at radius 3 is 2.79 bits per heavy atom. The Balaban J connectivity index is 0.00000324. The Labute approximate surface area is 129 Å². The van der Waals surface area contributed by atoms with Gasteiger partial charge in [0.1, 0.15) is 0 Å². The second kappa shape index (κ2) is 10.5. The third kappa shape index (κ3) is 7.13. The lowest BCUT2D eigenvalue weighted by atomic mass is 10.4. The van der Waals surface area contributed by atoms with Gasteiger partial charge in [-0.05, 0) is 19.1 Å². The largest absolute Gasteiger partial charge is 0.383 e. The lowest BCUT2D eigenvalue weighted by molar-refractivity contribution is -0.130. The minimum atomic E-state index is 0. The molecule has 0 saturated heterocycles. The third-order valence-corrected chi connectivity index (χ3v) is 3.69. The smallest absolute Gasteiger partial charge is 0.236 e. The van der Waals surface area contributed by atoms with Gasteiger partial charge in [0.05, 0.1) is 24.0 Å². The lowest BCUT2D eigenvalue weighted by Gasteiger charge is -2.20.